The van der Waals surface area contributed by atoms with Crippen LogP contribution in [0.15, 0.2) is 36.4 Å². The van der Waals surface area contributed by atoms with Crippen LogP contribution in [0.1, 0.15) is 10.6 Å². The molecule has 0 aliphatic carbocycles. The topological polar surface area (TPSA) is 24.9 Å². The van der Waals surface area contributed by atoms with Gasteiger partial charge in [-0.3, -0.25) is 0 Å². The van der Waals surface area contributed by atoms with Gasteiger partial charge in [0.2, 0.25) is 0 Å². The number of aromatic nitrogens is 1. The molecule has 2 nitrogen and oxygen atoms in total. The number of nitrogens with one attached hydrogen (secondary N) is 1. The first-order valence-corrected chi connectivity index (χ1v) is 7.37. The quantitative estimate of drug-likeness (QED) is 0.736. The van der Waals surface area contributed by atoms with Crippen molar-refractivity contribution in [3.8, 4) is 0 Å². The minimum atomic E-state index is -0.364. The van der Waals surface area contributed by atoms with Crippen molar-refractivity contribution in [3.05, 3.63) is 57.8 Å². The van der Waals surface area contributed by atoms with E-state index in [-0.39, 0.29) is 10.8 Å². The zero-order valence-electron chi connectivity index (χ0n) is 10.8. The summed E-state index contributed by atoms with van der Waals surface area (Å²) in [6, 6.07) is 11.0. The SMILES string of the molecule is Cc1nc2ccc(NCc3cccc(Cl)c3F)cc2s1. The molecule has 0 atom stereocenters. The third-order valence-electron chi connectivity index (χ3n) is 3.01. The molecule has 1 N–H and O–H groups in total. The Hall–Kier alpha value is -1.65. The van der Waals surface area contributed by atoms with Crippen LogP contribution in [0.2, 0.25) is 5.02 Å². The number of benzene rings is 2. The lowest BCUT2D eigenvalue weighted by Gasteiger charge is -2.08. The molecule has 2 aromatic carbocycles. The van der Waals surface area contributed by atoms with Gasteiger partial charge in [-0.25, -0.2) is 9.37 Å². The number of hydrogen-bond donors (Lipinski definition) is 1. The van der Waals surface area contributed by atoms with E-state index >= 15 is 0 Å². The third kappa shape index (κ3) is 2.62. The lowest BCUT2D eigenvalue weighted by molar-refractivity contribution is 0.613. The Bertz CT molecular complexity index is 770. The molecule has 3 rings (SSSR count). The van der Waals surface area contributed by atoms with Gasteiger partial charge in [0.05, 0.1) is 20.2 Å². The fourth-order valence-electron chi connectivity index (χ4n) is 2.03. The maximum Gasteiger partial charge on any atom is 0.146 e. The van der Waals surface area contributed by atoms with E-state index in [0.29, 0.717) is 12.1 Å². The van der Waals surface area contributed by atoms with Crippen LogP contribution in [0, 0.1) is 12.7 Å². The number of anilines is 1. The zero-order chi connectivity index (χ0) is 14.1. The first-order valence-electron chi connectivity index (χ1n) is 6.17. The molecular formula is C15H12ClFN2S. The van der Waals surface area contributed by atoms with E-state index in [1.807, 2.05) is 25.1 Å². The van der Waals surface area contributed by atoms with Crippen LogP contribution in [0.4, 0.5) is 10.1 Å². The Morgan fingerprint density at radius 1 is 1.30 bits per heavy atom. The van der Waals surface area contributed by atoms with Gasteiger partial charge in [-0.15, -0.1) is 11.3 Å². The number of halogens is 2. The highest BCUT2D eigenvalue weighted by Crippen LogP contribution is 2.25. The van der Waals surface area contributed by atoms with E-state index in [4.69, 9.17) is 11.6 Å². The lowest BCUT2D eigenvalue weighted by atomic mass is 10.2. The number of nitrogens with zero attached hydrogens (tertiary/aromatic N) is 1. The first-order chi connectivity index (χ1) is 9.63. The summed E-state index contributed by atoms with van der Waals surface area (Å²) in [6.45, 7) is 2.38. The van der Waals surface area contributed by atoms with Gasteiger partial charge in [0, 0.05) is 17.8 Å². The summed E-state index contributed by atoms with van der Waals surface area (Å²) in [5.74, 6) is -0.364. The predicted molar refractivity (Wildman–Crippen MR) is 83.1 cm³/mol. The second kappa shape index (κ2) is 5.38. The molecule has 0 fully saturated rings. The van der Waals surface area contributed by atoms with Crippen molar-refractivity contribution in [2.75, 3.05) is 5.32 Å². The van der Waals surface area contributed by atoms with E-state index in [2.05, 4.69) is 10.3 Å². The van der Waals surface area contributed by atoms with Crippen LogP contribution in [0.5, 0.6) is 0 Å². The molecule has 0 amide bonds. The molecule has 0 spiro atoms. The van der Waals surface area contributed by atoms with Gasteiger partial charge in [-0.05, 0) is 31.2 Å². The van der Waals surface area contributed by atoms with Crippen molar-refractivity contribution in [1.82, 2.24) is 4.98 Å². The maximum absolute atomic E-state index is 13.8. The van der Waals surface area contributed by atoms with Gasteiger partial charge in [-0.1, -0.05) is 23.7 Å². The monoisotopic (exact) mass is 306 g/mol. The third-order valence-corrected chi connectivity index (χ3v) is 4.24. The predicted octanol–water partition coefficient (Wildman–Crippen LogP) is 5.01. The lowest BCUT2D eigenvalue weighted by Crippen LogP contribution is -2.01. The minimum absolute atomic E-state index is 0.151. The highest BCUT2D eigenvalue weighted by atomic mass is 35.5. The van der Waals surface area contributed by atoms with Gasteiger partial charge in [0.15, 0.2) is 0 Å². The van der Waals surface area contributed by atoms with Crippen LogP contribution in [-0.4, -0.2) is 4.98 Å². The van der Waals surface area contributed by atoms with Crippen LogP contribution in [0.25, 0.3) is 10.2 Å². The van der Waals surface area contributed by atoms with Crippen molar-refractivity contribution in [2.45, 2.75) is 13.5 Å². The van der Waals surface area contributed by atoms with E-state index in [1.165, 1.54) is 0 Å². The summed E-state index contributed by atoms with van der Waals surface area (Å²) < 4.78 is 14.9. The van der Waals surface area contributed by atoms with Gasteiger partial charge < -0.3 is 5.32 Å². The Kier molecular flexibility index (Phi) is 3.59. The van der Waals surface area contributed by atoms with Crippen LogP contribution in [-0.2, 0) is 6.54 Å². The molecule has 0 aliphatic rings. The number of thiazole rings is 1. The standard InChI is InChI=1S/C15H12ClFN2S/c1-9-19-13-6-5-11(7-14(13)20-9)18-8-10-3-2-4-12(16)15(10)17/h2-7,18H,8H2,1H3. The molecule has 102 valence electrons. The van der Waals surface area contributed by atoms with E-state index < -0.39 is 0 Å². The highest BCUT2D eigenvalue weighted by molar-refractivity contribution is 7.18. The smallest absolute Gasteiger partial charge is 0.146 e. The number of hydrogen-bond acceptors (Lipinski definition) is 3. The van der Waals surface area contributed by atoms with Crippen molar-refractivity contribution in [1.29, 1.82) is 0 Å². The molecule has 0 bridgehead atoms. The first kappa shape index (κ1) is 13.3. The zero-order valence-corrected chi connectivity index (χ0v) is 12.4. The van der Waals surface area contributed by atoms with E-state index in [9.17, 15) is 4.39 Å². The summed E-state index contributed by atoms with van der Waals surface area (Å²) in [7, 11) is 0. The fourth-order valence-corrected chi connectivity index (χ4v) is 3.09. The average Bonchev–Trinajstić information content (AvgIpc) is 2.79. The van der Waals surface area contributed by atoms with Gasteiger partial charge in [-0.2, -0.15) is 0 Å². The molecule has 3 aromatic rings. The van der Waals surface area contributed by atoms with Gasteiger partial charge in [0.1, 0.15) is 5.82 Å². The van der Waals surface area contributed by atoms with Crippen LogP contribution in [0.3, 0.4) is 0 Å². The fraction of sp³-hybridized carbons (Fsp3) is 0.133. The molecule has 0 unspecified atom stereocenters. The molecule has 20 heavy (non-hydrogen) atoms. The van der Waals surface area contributed by atoms with Crippen LogP contribution >= 0.6 is 22.9 Å². The molecule has 5 heteroatoms. The molecular weight excluding hydrogens is 295 g/mol. The Balaban J connectivity index is 1.81. The van der Waals surface area contributed by atoms with Crippen molar-refractivity contribution >= 4 is 38.8 Å². The maximum atomic E-state index is 13.8. The second-order valence-electron chi connectivity index (χ2n) is 4.48. The summed E-state index contributed by atoms with van der Waals surface area (Å²) >= 11 is 7.41. The number of aryl methyl sites for hydroxylation is 1. The largest absolute Gasteiger partial charge is 0.381 e. The van der Waals surface area contributed by atoms with E-state index in [1.54, 1.807) is 29.5 Å². The normalized spacial score (nSPS) is 10.9. The summed E-state index contributed by atoms with van der Waals surface area (Å²) in [5.41, 5.74) is 2.49. The number of rotatable bonds is 3. The Labute approximate surface area is 125 Å². The van der Waals surface area contributed by atoms with Crippen molar-refractivity contribution in [2.24, 2.45) is 0 Å². The Morgan fingerprint density at radius 2 is 2.15 bits per heavy atom. The minimum Gasteiger partial charge on any atom is -0.381 e. The summed E-state index contributed by atoms with van der Waals surface area (Å²) in [6.07, 6.45) is 0. The molecule has 1 heterocycles. The van der Waals surface area contributed by atoms with Crippen molar-refractivity contribution < 1.29 is 4.39 Å². The second-order valence-corrected chi connectivity index (χ2v) is 6.12. The molecule has 0 radical (unpaired) electrons. The van der Waals surface area contributed by atoms with Gasteiger partial charge >= 0.3 is 0 Å². The van der Waals surface area contributed by atoms with Gasteiger partial charge in [0.25, 0.3) is 0 Å². The van der Waals surface area contributed by atoms with E-state index in [0.717, 1.165) is 20.9 Å². The molecule has 0 saturated heterocycles. The summed E-state index contributed by atoms with van der Waals surface area (Å²) in [4.78, 5) is 4.41. The van der Waals surface area contributed by atoms with Crippen LogP contribution < -0.4 is 5.32 Å². The number of fused-ring (bicyclic) bond motifs is 1. The molecule has 1 aromatic heterocycles. The highest BCUT2D eigenvalue weighted by Gasteiger charge is 2.06. The molecule has 0 aliphatic heterocycles. The van der Waals surface area contributed by atoms with Crippen molar-refractivity contribution in [3.63, 3.8) is 0 Å². The average molecular weight is 307 g/mol. The Morgan fingerprint density at radius 3 is 3.00 bits per heavy atom. The summed E-state index contributed by atoms with van der Waals surface area (Å²) in [5, 5.41) is 4.40. The molecule has 0 saturated carbocycles.